The molecule has 0 bridgehead atoms. The molecule has 2 aromatic rings. The first-order valence-electron chi connectivity index (χ1n) is 7.86. The fourth-order valence-electron chi connectivity index (χ4n) is 2.71. The molecule has 0 unspecified atom stereocenters. The van der Waals surface area contributed by atoms with Crippen molar-refractivity contribution in [2.45, 2.75) is 13.8 Å². The van der Waals surface area contributed by atoms with E-state index in [1.807, 2.05) is 6.92 Å². The van der Waals surface area contributed by atoms with Crippen LogP contribution in [0, 0.1) is 13.8 Å². The Kier molecular flexibility index (Phi) is 4.71. The topological polar surface area (TPSA) is 79.5 Å². The smallest absolute Gasteiger partial charge is 0.363 e. The predicted octanol–water partition coefficient (Wildman–Crippen LogP) is 3.27. The highest BCUT2D eigenvalue weighted by Crippen LogP contribution is 2.39. The lowest BCUT2D eigenvalue weighted by Crippen LogP contribution is -2.05. The number of ether oxygens (including phenoxy) is 4. The molecular weight excluding hydrogens is 338 g/mol. The predicted molar refractivity (Wildman–Crippen MR) is 94.9 cm³/mol. The molecule has 0 spiro atoms. The summed E-state index contributed by atoms with van der Waals surface area (Å²) in [6.45, 7) is 3.61. The van der Waals surface area contributed by atoms with Crippen LogP contribution in [0.15, 0.2) is 33.3 Å². The lowest BCUT2D eigenvalue weighted by molar-refractivity contribution is -0.129. The standard InChI is InChI=1S/C19H19NO6/c1-10-6-13(11(2)25-10)18-20-14(19(21)26-18)7-12-8-15(22-3)17(24-5)16(9-12)23-4/h6-9H,1-5H3. The van der Waals surface area contributed by atoms with E-state index in [9.17, 15) is 4.79 Å². The normalized spacial score (nSPS) is 15.0. The molecule has 0 saturated heterocycles. The van der Waals surface area contributed by atoms with Gasteiger partial charge in [0.25, 0.3) is 0 Å². The summed E-state index contributed by atoms with van der Waals surface area (Å²) in [5, 5.41) is 0. The molecule has 1 aromatic carbocycles. The Morgan fingerprint density at radius 1 is 1.00 bits per heavy atom. The second-order valence-corrected chi connectivity index (χ2v) is 5.62. The van der Waals surface area contributed by atoms with Gasteiger partial charge in [-0.2, -0.15) is 0 Å². The fourth-order valence-corrected chi connectivity index (χ4v) is 2.71. The van der Waals surface area contributed by atoms with Crippen molar-refractivity contribution in [1.82, 2.24) is 0 Å². The minimum atomic E-state index is -0.535. The number of aliphatic imine (C=N–C) groups is 1. The molecular formula is C19H19NO6. The maximum absolute atomic E-state index is 12.2. The molecule has 1 aromatic heterocycles. The number of furan rings is 1. The van der Waals surface area contributed by atoms with E-state index in [2.05, 4.69) is 4.99 Å². The molecule has 1 aliphatic rings. The molecule has 0 N–H and O–H groups in total. The maximum atomic E-state index is 12.2. The monoisotopic (exact) mass is 357 g/mol. The van der Waals surface area contributed by atoms with Gasteiger partial charge in [-0.15, -0.1) is 0 Å². The number of methoxy groups -OCH3 is 3. The van der Waals surface area contributed by atoms with Crippen LogP contribution in [-0.2, 0) is 9.53 Å². The summed E-state index contributed by atoms with van der Waals surface area (Å²) in [5.41, 5.74) is 1.49. The SMILES string of the molecule is COc1cc(C=C2N=C(c3cc(C)oc3C)OC2=O)cc(OC)c1OC. The van der Waals surface area contributed by atoms with Crippen LogP contribution in [0.25, 0.3) is 6.08 Å². The van der Waals surface area contributed by atoms with E-state index in [0.717, 1.165) is 5.76 Å². The lowest BCUT2D eigenvalue weighted by Gasteiger charge is -2.12. The quantitative estimate of drug-likeness (QED) is 0.604. The van der Waals surface area contributed by atoms with Gasteiger partial charge in [0.15, 0.2) is 17.2 Å². The third kappa shape index (κ3) is 3.15. The van der Waals surface area contributed by atoms with Gasteiger partial charge in [0, 0.05) is 0 Å². The van der Waals surface area contributed by atoms with E-state index in [1.165, 1.54) is 21.3 Å². The van der Waals surface area contributed by atoms with Gasteiger partial charge in [-0.05, 0) is 43.7 Å². The van der Waals surface area contributed by atoms with Gasteiger partial charge >= 0.3 is 5.97 Å². The number of benzene rings is 1. The number of carbonyl (C=O) groups is 1. The van der Waals surface area contributed by atoms with Gasteiger partial charge in [-0.3, -0.25) is 0 Å². The molecule has 0 fully saturated rings. The van der Waals surface area contributed by atoms with Crippen molar-refractivity contribution in [3.63, 3.8) is 0 Å². The zero-order valence-electron chi connectivity index (χ0n) is 15.2. The third-order valence-electron chi connectivity index (χ3n) is 3.88. The number of hydrogen-bond acceptors (Lipinski definition) is 7. The van der Waals surface area contributed by atoms with Crippen LogP contribution in [0.4, 0.5) is 0 Å². The van der Waals surface area contributed by atoms with Crippen LogP contribution in [0.3, 0.4) is 0 Å². The molecule has 1 aliphatic heterocycles. The number of hydrogen-bond donors (Lipinski definition) is 0. The van der Waals surface area contributed by atoms with Crippen LogP contribution in [0.2, 0.25) is 0 Å². The van der Waals surface area contributed by atoms with Gasteiger partial charge in [-0.1, -0.05) is 0 Å². The average molecular weight is 357 g/mol. The Balaban J connectivity index is 2.02. The zero-order valence-corrected chi connectivity index (χ0v) is 15.2. The molecule has 7 nitrogen and oxygen atoms in total. The molecule has 0 radical (unpaired) electrons. The Morgan fingerprint density at radius 2 is 1.65 bits per heavy atom. The Labute approximate surface area is 150 Å². The number of carbonyl (C=O) groups excluding carboxylic acids is 1. The minimum absolute atomic E-state index is 0.174. The van der Waals surface area contributed by atoms with Crippen LogP contribution in [0.1, 0.15) is 22.6 Å². The second-order valence-electron chi connectivity index (χ2n) is 5.62. The Hall–Kier alpha value is -3.22. The molecule has 0 amide bonds. The van der Waals surface area contributed by atoms with Crippen LogP contribution in [-0.4, -0.2) is 33.2 Å². The Morgan fingerprint density at radius 3 is 2.15 bits per heavy atom. The molecule has 0 aliphatic carbocycles. The van der Waals surface area contributed by atoms with Crippen molar-refractivity contribution in [3.8, 4) is 17.2 Å². The van der Waals surface area contributed by atoms with Gasteiger partial charge in [-0.25, -0.2) is 9.79 Å². The summed E-state index contributed by atoms with van der Waals surface area (Å²) in [5.74, 6) is 2.49. The van der Waals surface area contributed by atoms with E-state index >= 15 is 0 Å². The summed E-state index contributed by atoms with van der Waals surface area (Å²) in [6, 6.07) is 5.23. The summed E-state index contributed by atoms with van der Waals surface area (Å²) < 4.78 is 26.7. The van der Waals surface area contributed by atoms with Gasteiger partial charge in [0.05, 0.1) is 26.9 Å². The van der Waals surface area contributed by atoms with E-state index < -0.39 is 5.97 Å². The summed E-state index contributed by atoms with van der Waals surface area (Å²) in [7, 11) is 4.58. The van der Waals surface area contributed by atoms with E-state index in [1.54, 1.807) is 31.2 Å². The van der Waals surface area contributed by atoms with Crippen LogP contribution < -0.4 is 14.2 Å². The Bertz CT molecular complexity index is 897. The van der Waals surface area contributed by atoms with Gasteiger partial charge < -0.3 is 23.4 Å². The van der Waals surface area contributed by atoms with E-state index in [0.29, 0.717) is 34.1 Å². The number of cyclic esters (lactones) is 1. The van der Waals surface area contributed by atoms with E-state index in [-0.39, 0.29) is 11.6 Å². The van der Waals surface area contributed by atoms with Crippen LogP contribution >= 0.6 is 0 Å². The first-order valence-corrected chi connectivity index (χ1v) is 7.86. The summed E-state index contributed by atoms with van der Waals surface area (Å²) >= 11 is 0. The van der Waals surface area contributed by atoms with Crippen molar-refractivity contribution in [3.05, 3.63) is 46.5 Å². The molecule has 0 atom stereocenters. The van der Waals surface area contributed by atoms with Crippen molar-refractivity contribution in [1.29, 1.82) is 0 Å². The van der Waals surface area contributed by atoms with Crippen molar-refractivity contribution in [2.75, 3.05) is 21.3 Å². The average Bonchev–Trinajstić information content (AvgIpc) is 3.15. The number of esters is 1. The second kappa shape index (κ2) is 6.95. The highest BCUT2D eigenvalue weighted by molar-refractivity contribution is 6.13. The van der Waals surface area contributed by atoms with Gasteiger partial charge in [0.2, 0.25) is 11.6 Å². The summed E-state index contributed by atoms with van der Waals surface area (Å²) in [4.78, 5) is 16.5. The van der Waals surface area contributed by atoms with Crippen molar-refractivity contribution < 1.29 is 28.2 Å². The minimum Gasteiger partial charge on any atom is -0.493 e. The lowest BCUT2D eigenvalue weighted by atomic mass is 10.1. The molecule has 0 saturated carbocycles. The van der Waals surface area contributed by atoms with Crippen molar-refractivity contribution in [2.24, 2.45) is 4.99 Å². The molecule has 3 rings (SSSR count). The first-order chi connectivity index (χ1) is 12.5. The maximum Gasteiger partial charge on any atom is 0.363 e. The molecule has 26 heavy (non-hydrogen) atoms. The van der Waals surface area contributed by atoms with Crippen molar-refractivity contribution >= 4 is 17.9 Å². The summed E-state index contributed by atoms with van der Waals surface area (Å²) in [6.07, 6.45) is 1.60. The highest BCUT2D eigenvalue weighted by Gasteiger charge is 2.27. The molecule has 136 valence electrons. The number of rotatable bonds is 5. The largest absolute Gasteiger partial charge is 0.493 e. The van der Waals surface area contributed by atoms with Crippen LogP contribution in [0.5, 0.6) is 17.2 Å². The zero-order chi connectivity index (χ0) is 18.8. The first kappa shape index (κ1) is 17.6. The number of nitrogens with zero attached hydrogens (tertiary/aromatic N) is 1. The molecule has 2 heterocycles. The third-order valence-corrected chi connectivity index (χ3v) is 3.88. The van der Waals surface area contributed by atoms with Gasteiger partial charge in [0.1, 0.15) is 11.5 Å². The fraction of sp³-hybridized carbons (Fsp3) is 0.263. The molecule has 7 heteroatoms. The number of aryl methyl sites for hydroxylation is 2. The highest BCUT2D eigenvalue weighted by atomic mass is 16.6. The van der Waals surface area contributed by atoms with E-state index in [4.69, 9.17) is 23.4 Å².